The lowest BCUT2D eigenvalue weighted by Crippen LogP contribution is -2.39. The summed E-state index contributed by atoms with van der Waals surface area (Å²) in [6.07, 6.45) is 5.32. The number of carbonyl (C=O) groups excluding carboxylic acids is 3. The van der Waals surface area contributed by atoms with Crippen molar-refractivity contribution in [3.63, 3.8) is 0 Å². The number of Topliss-reactive ketones (excluding diaryl/α,β-unsaturated/α-hetero) is 2. The Morgan fingerprint density at radius 3 is 2.50 bits per heavy atom. The summed E-state index contributed by atoms with van der Waals surface area (Å²) in [4.78, 5) is 39.4. The number of hydrogen-bond acceptors (Lipinski definition) is 4. The van der Waals surface area contributed by atoms with Gasteiger partial charge >= 0.3 is 6.09 Å². The third kappa shape index (κ3) is 8.62. The fourth-order valence-electron chi connectivity index (χ4n) is 3.83. The molecule has 1 rings (SSSR count). The highest BCUT2D eigenvalue weighted by molar-refractivity contribution is 14.1. The summed E-state index contributed by atoms with van der Waals surface area (Å²) < 4.78 is 6.44. The van der Waals surface area contributed by atoms with Crippen LogP contribution in [0.15, 0.2) is 12.7 Å². The number of allylic oxidation sites excluding steroid dienone is 1. The molecule has 0 aromatic carbocycles. The highest BCUT2D eigenvalue weighted by atomic mass is 127. The highest BCUT2D eigenvalue weighted by Gasteiger charge is 2.38. The minimum absolute atomic E-state index is 0.0155. The van der Waals surface area contributed by atoms with Gasteiger partial charge in [0.05, 0.1) is 5.92 Å². The van der Waals surface area contributed by atoms with Crippen molar-refractivity contribution < 1.29 is 19.1 Å². The van der Waals surface area contributed by atoms with Crippen LogP contribution in [0.3, 0.4) is 0 Å². The Morgan fingerprint density at radius 2 is 1.93 bits per heavy atom. The molecule has 0 heterocycles. The maximum atomic E-state index is 12.8. The van der Waals surface area contributed by atoms with E-state index in [-0.39, 0.29) is 23.6 Å². The molecule has 1 saturated carbocycles. The number of amides is 1. The Labute approximate surface area is 183 Å². The molecule has 1 unspecified atom stereocenters. The molecule has 5 nitrogen and oxygen atoms in total. The molecule has 0 saturated heterocycles. The van der Waals surface area contributed by atoms with Gasteiger partial charge in [-0.05, 0) is 58.3 Å². The van der Waals surface area contributed by atoms with Crippen molar-refractivity contribution in [3.8, 4) is 0 Å². The van der Waals surface area contributed by atoms with E-state index < -0.39 is 11.5 Å². The van der Waals surface area contributed by atoms with E-state index in [1.165, 1.54) is 0 Å². The lowest BCUT2D eigenvalue weighted by molar-refractivity contribution is -0.138. The molecule has 1 aliphatic carbocycles. The quantitative estimate of drug-likeness (QED) is 0.177. The molecule has 28 heavy (non-hydrogen) atoms. The number of alkyl halides is 1. The van der Waals surface area contributed by atoms with Gasteiger partial charge in [-0.15, -0.1) is 6.58 Å². The number of rotatable bonds is 10. The lowest BCUT2D eigenvalue weighted by atomic mass is 9.70. The normalized spacial score (nSPS) is 22.6. The van der Waals surface area contributed by atoms with E-state index in [9.17, 15) is 14.4 Å². The molecule has 0 aliphatic heterocycles. The van der Waals surface area contributed by atoms with Gasteiger partial charge < -0.3 is 9.64 Å². The third-order valence-electron chi connectivity index (χ3n) is 4.95. The van der Waals surface area contributed by atoms with Gasteiger partial charge in [-0.3, -0.25) is 9.59 Å². The molecular weight excluding hydrogens is 469 g/mol. The van der Waals surface area contributed by atoms with E-state index in [1.54, 1.807) is 4.90 Å². The van der Waals surface area contributed by atoms with Gasteiger partial charge in [0, 0.05) is 30.4 Å². The van der Waals surface area contributed by atoms with E-state index in [4.69, 9.17) is 4.74 Å². The second-order valence-corrected chi connectivity index (χ2v) is 9.93. The second kappa shape index (κ2) is 11.9. The van der Waals surface area contributed by atoms with Crippen molar-refractivity contribution in [2.24, 2.45) is 17.8 Å². The number of carbonyl (C=O) groups is 3. The first-order valence-corrected chi connectivity index (χ1v) is 11.8. The average molecular weight is 505 g/mol. The van der Waals surface area contributed by atoms with Crippen LogP contribution in [0.5, 0.6) is 0 Å². The largest absolute Gasteiger partial charge is 0.444 e. The van der Waals surface area contributed by atoms with E-state index in [0.29, 0.717) is 44.7 Å². The van der Waals surface area contributed by atoms with Crippen molar-refractivity contribution in [1.82, 2.24) is 4.90 Å². The predicted octanol–water partition coefficient (Wildman–Crippen LogP) is 5.21. The fraction of sp³-hybridized carbons (Fsp3) is 0.773. The van der Waals surface area contributed by atoms with Gasteiger partial charge in [0.1, 0.15) is 17.2 Å². The van der Waals surface area contributed by atoms with Crippen molar-refractivity contribution >= 4 is 40.3 Å². The van der Waals surface area contributed by atoms with Crippen LogP contribution in [0.2, 0.25) is 0 Å². The monoisotopic (exact) mass is 505 g/mol. The Balaban J connectivity index is 2.65. The topological polar surface area (TPSA) is 63.7 Å². The Hall–Kier alpha value is -0.920. The standard InChI is InChI=1S/C22H36INO4/c1-6-9-17-14-16(2)15-19(26)20(17)18(25)10-7-12-24(13-8-11-23)21(27)28-22(3,4)5/h6,16-17,20H,1,7-15H2,2-5H3/t16-,17-,20?/m1/s1. The minimum Gasteiger partial charge on any atom is -0.444 e. The number of ketones is 2. The summed E-state index contributed by atoms with van der Waals surface area (Å²) in [6.45, 7) is 12.5. The number of ether oxygens (including phenoxy) is 1. The first-order valence-electron chi connectivity index (χ1n) is 10.3. The minimum atomic E-state index is -0.543. The molecule has 1 fully saturated rings. The molecule has 0 N–H and O–H groups in total. The van der Waals surface area contributed by atoms with Gasteiger partial charge in [0.15, 0.2) is 0 Å². The fourth-order valence-corrected chi connectivity index (χ4v) is 4.17. The number of hydrogen-bond donors (Lipinski definition) is 0. The first kappa shape index (κ1) is 25.1. The molecule has 1 amide bonds. The Kier molecular flexibility index (Phi) is 10.7. The van der Waals surface area contributed by atoms with Crippen LogP contribution in [0.25, 0.3) is 0 Å². The maximum Gasteiger partial charge on any atom is 0.410 e. The van der Waals surface area contributed by atoms with Crippen molar-refractivity contribution in [2.75, 3.05) is 17.5 Å². The third-order valence-corrected chi connectivity index (χ3v) is 5.72. The number of halogens is 1. The van der Waals surface area contributed by atoms with Crippen LogP contribution < -0.4 is 0 Å². The summed E-state index contributed by atoms with van der Waals surface area (Å²) in [5, 5.41) is 0. The van der Waals surface area contributed by atoms with Crippen LogP contribution in [0, 0.1) is 17.8 Å². The van der Waals surface area contributed by atoms with Crippen molar-refractivity contribution in [3.05, 3.63) is 12.7 Å². The number of nitrogens with zero attached hydrogens (tertiary/aromatic N) is 1. The van der Waals surface area contributed by atoms with Crippen LogP contribution in [-0.4, -0.2) is 45.7 Å². The average Bonchev–Trinajstić information content (AvgIpc) is 2.55. The van der Waals surface area contributed by atoms with Crippen LogP contribution in [0.4, 0.5) is 4.79 Å². The molecule has 0 aromatic heterocycles. The molecule has 6 heteroatoms. The molecule has 160 valence electrons. The molecule has 0 spiro atoms. The van der Waals surface area contributed by atoms with Gasteiger partial charge in [-0.2, -0.15) is 0 Å². The lowest BCUT2D eigenvalue weighted by Gasteiger charge is -2.32. The van der Waals surface area contributed by atoms with Gasteiger partial charge in [-0.1, -0.05) is 35.6 Å². The van der Waals surface area contributed by atoms with E-state index in [2.05, 4.69) is 36.1 Å². The van der Waals surface area contributed by atoms with Crippen LogP contribution >= 0.6 is 22.6 Å². The van der Waals surface area contributed by atoms with Crippen LogP contribution in [0.1, 0.15) is 66.2 Å². The molecule has 0 bridgehead atoms. The summed E-state index contributed by atoms with van der Waals surface area (Å²) in [5.41, 5.74) is -0.543. The highest BCUT2D eigenvalue weighted by Crippen LogP contribution is 2.35. The van der Waals surface area contributed by atoms with Gasteiger partial charge in [0.25, 0.3) is 0 Å². The molecule has 1 aliphatic rings. The smallest absolute Gasteiger partial charge is 0.410 e. The molecule has 0 radical (unpaired) electrons. The molecule has 0 aromatic rings. The predicted molar refractivity (Wildman–Crippen MR) is 121 cm³/mol. The zero-order chi connectivity index (χ0) is 21.3. The van der Waals surface area contributed by atoms with Gasteiger partial charge in [0.2, 0.25) is 0 Å². The van der Waals surface area contributed by atoms with Crippen molar-refractivity contribution in [2.45, 2.75) is 71.8 Å². The summed E-state index contributed by atoms with van der Waals surface area (Å²) in [6, 6.07) is 0. The van der Waals surface area contributed by atoms with Crippen LogP contribution in [-0.2, 0) is 14.3 Å². The van der Waals surface area contributed by atoms with E-state index >= 15 is 0 Å². The summed E-state index contributed by atoms with van der Waals surface area (Å²) in [7, 11) is 0. The Bertz CT molecular complexity index is 555. The molecule has 3 atom stereocenters. The SMILES string of the molecule is C=CC[C@@H]1C[C@@H](C)CC(=O)C1C(=O)CCCN(CCCI)C(=O)OC(C)(C)C. The van der Waals surface area contributed by atoms with E-state index in [1.807, 2.05) is 26.8 Å². The zero-order valence-corrected chi connectivity index (χ0v) is 20.0. The second-order valence-electron chi connectivity index (χ2n) is 8.85. The molecular formula is C22H36INO4. The summed E-state index contributed by atoms with van der Waals surface area (Å²) >= 11 is 2.29. The van der Waals surface area contributed by atoms with Crippen molar-refractivity contribution in [1.29, 1.82) is 0 Å². The Morgan fingerprint density at radius 1 is 1.29 bits per heavy atom. The summed E-state index contributed by atoms with van der Waals surface area (Å²) in [5.74, 6) is -0.00974. The van der Waals surface area contributed by atoms with E-state index in [0.717, 1.165) is 17.3 Å². The first-order chi connectivity index (χ1) is 13.1. The maximum absolute atomic E-state index is 12.8. The zero-order valence-electron chi connectivity index (χ0n) is 17.8. The van der Waals surface area contributed by atoms with Gasteiger partial charge in [-0.25, -0.2) is 4.79 Å².